The molecule has 0 fully saturated rings. The van der Waals surface area contributed by atoms with Gasteiger partial charge in [0.15, 0.2) is 0 Å². The molecule has 1 rings (SSSR count). The number of nitrogens with one attached hydrogen (secondary N) is 1. The van der Waals surface area contributed by atoms with Gasteiger partial charge in [0.05, 0.1) is 6.61 Å². The van der Waals surface area contributed by atoms with Crippen LogP contribution in [0.2, 0.25) is 0 Å². The third-order valence-electron chi connectivity index (χ3n) is 2.86. The van der Waals surface area contributed by atoms with Gasteiger partial charge in [-0.1, -0.05) is 12.1 Å². The van der Waals surface area contributed by atoms with Crippen LogP contribution in [0, 0.1) is 13.8 Å². The number of unbranched alkanes of at least 4 members (excludes halogenated alkanes) is 1. The maximum Gasteiger partial charge on any atom is 0.319 e. The zero-order valence-electron chi connectivity index (χ0n) is 12.5. The molecule has 0 radical (unpaired) electrons. The number of ether oxygens (including phenoxy) is 1. The molecule has 0 spiro atoms. The molecule has 0 heterocycles. The van der Waals surface area contributed by atoms with Crippen LogP contribution in [0.5, 0.6) is 5.75 Å². The fraction of sp³-hybridized carbons (Fsp3) is 0.571. The third kappa shape index (κ3) is 8.98. The number of aryl methyl sites for hydroxylation is 2. The summed E-state index contributed by atoms with van der Waals surface area (Å²) in [5, 5.41) is 3.13. The van der Waals surface area contributed by atoms with Gasteiger partial charge in [0.1, 0.15) is 5.75 Å². The maximum absolute atomic E-state index is 10.5. The average Bonchev–Trinajstić information content (AvgIpc) is 2.39. The minimum absolute atomic E-state index is 0.345. The molecular weight excluding hydrogens is 310 g/mol. The lowest BCUT2D eigenvalue weighted by atomic mass is 10.1. The van der Waals surface area contributed by atoms with Crippen molar-refractivity contribution in [3.05, 3.63) is 29.3 Å². The molecular formula is C14H23NO4S2. The van der Waals surface area contributed by atoms with Gasteiger partial charge < -0.3 is 10.1 Å². The van der Waals surface area contributed by atoms with Crippen molar-refractivity contribution in [1.82, 2.24) is 5.32 Å². The Kier molecular flexibility index (Phi) is 8.10. The fourth-order valence-electron chi connectivity index (χ4n) is 1.74. The van der Waals surface area contributed by atoms with Gasteiger partial charge in [0, 0.05) is 12.3 Å². The molecule has 120 valence electrons. The molecule has 0 amide bonds. The molecule has 0 aliphatic heterocycles. The molecule has 0 atom stereocenters. The Morgan fingerprint density at radius 2 is 2.00 bits per heavy atom. The first-order valence-corrected chi connectivity index (χ1v) is 9.85. The molecule has 1 aromatic rings. The normalized spacial score (nSPS) is 11.6. The van der Waals surface area contributed by atoms with Gasteiger partial charge >= 0.3 is 9.15 Å². The quantitative estimate of drug-likeness (QED) is 0.389. The first kappa shape index (κ1) is 18.3. The maximum atomic E-state index is 10.5. The molecule has 5 nitrogen and oxygen atoms in total. The van der Waals surface area contributed by atoms with Crippen molar-refractivity contribution in [3.63, 3.8) is 0 Å². The van der Waals surface area contributed by atoms with Gasteiger partial charge in [0.2, 0.25) is 0 Å². The lowest BCUT2D eigenvalue weighted by Crippen LogP contribution is -2.19. The molecule has 1 aromatic carbocycles. The average molecular weight is 333 g/mol. The molecule has 2 N–H and O–H groups in total. The van der Waals surface area contributed by atoms with Gasteiger partial charge in [-0.15, -0.1) is 0 Å². The smallest absolute Gasteiger partial charge is 0.319 e. The first-order valence-electron chi connectivity index (χ1n) is 6.91. The predicted octanol–water partition coefficient (Wildman–Crippen LogP) is 2.59. The van der Waals surface area contributed by atoms with Gasteiger partial charge in [-0.3, -0.25) is 4.55 Å². The standard InChI is InChI=1S/C14H23NO4S2/c1-12-5-6-13(2)14(11-12)19-9-4-3-7-15-8-10-20-21(16,17)18/h5-6,11,15H,3-4,7-10H2,1-2H3,(H,16,17,18). The van der Waals surface area contributed by atoms with Crippen molar-refractivity contribution in [2.75, 3.05) is 25.4 Å². The highest BCUT2D eigenvalue weighted by Gasteiger charge is 2.03. The minimum Gasteiger partial charge on any atom is -0.493 e. The van der Waals surface area contributed by atoms with Crippen molar-refractivity contribution >= 4 is 19.9 Å². The zero-order valence-corrected chi connectivity index (χ0v) is 14.1. The zero-order chi connectivity index (χ0) is 15.7. The van der Waals surface area contributed by atoms with Crippen LogP contribution in [0.3, 0.4) is 0 Å². The summed E-state index contributed by atoms with van der Waals surface area (Å²) in [6.07, 6.45) is 1.90. The van der Waals surface area contributed by atoms with E-state index in [9.17, 15) is 8.42 Å². The van der Waals surface area contributed by atoms with E-state index >= 15 is 0 Å². The minimum atomic E-state index is -3.91. The fourth-order valence-corrected chi connectivity index (χ4v) is 3.06. The van der Waals surface area contributed by atoms with E-state index in [1.54, 1.807) is 0 Å². The number of benzene rings is 1. The molecule has 0 aromatic heterocycles. The van der Waals surface area contributed by atoms with Crippen LogP contribution < -0.4 is 10.1 Å². The summed E-state index contributed by atoms with van der Waals surface area (Å²) in [7, 11) is -3.36. The number of hydrogen-bond acceptors (Lipinski definition) is 5. The van der Waals surface area contributed by atoms with Crippen molar-refractivity contribution in [1.29, 1.82) is 0 Å². The van der Waals surface area contributed by atoms with Crippen LogP contribution in [-0.4, -0.2) is 38.4 Å². The Morgan fingerprint density at radius 1 is 1.24 bits per heavy atom. The second kappa shape index (κ2) is 9.30. The Bertz CT molecular complexity index is 532. The van der Waals surface area contributed by atoms with E-state index in [1.807, 2.05) is 19.9 Å². The van der Waals surface area contributed by atoms with Crippen LogP contribution in [0.1, 0.15) is 24.0 Å². The highest BCUT2D eigenvalue weighted by Crippen LogP contribution is 2.19. The van der Waals surface area contributed by atoms with E-state index in [4.69, 9.17) is 9.29 Å². The first-order chi connectivity index (χ1) is 9.88. The molecule has 0 unspecified atom stereocenters. The van der Waals surface area contributed by atoms with Crippen LogP contribution in [0.4, 0.5) is 0 Å². The summed E-state index contributed by atoms with van der Waals surface area (Å²) in [6.45, 7) is 6.11. The second-order valence-electron chi connectivity index (χ2n) is 4.82. The Morgan fingerprint density at radius 3 is 2.71 bits per heavy atom. The van der Waals surface area contributed by atoms with E-state index in [0.29, 0.717) is 29.7 Å². The predicted molar refractivity (Wildman–Crippen MR) is 87.5 cm³/mol. The van der Waals surface area contributed by atoms with Crippen LogP contribution in [0.15, 0.2) is 18.2 Å². The van der Waals surface area contributed by atoms with Crippen molar-refractivity contribution < 1.29 is 17.7 Å². The Labute approximate surface area is 130 Å². The van der Waals surface area contributed by atoms with E-state index < -0.39 is 9.15 Å². The Balaban J connectivity index is 2.03. The third-order valence-corrected chi connectivity index (χ3v) is 4.92. The molecule has 21 heavy (non-hydrogen) atoms. The summed E-state index contributed by atoms with van der Waals surface area (Å²) < 4.78 is 35.2. The molecule has 0 saturated heterocycles. The van der Waals surface area contributed by atoms with Crippen LogP contribution in [0.25, 0.3) is 0 Å². The van der Waals surface area contributed by atoms with Crippen molar-refractivity contribution in [2.45, 2.75) is 26.7 Å². The monoisotopic (exact) mass is 333 g/mol. The van der Waals surface area contributed by atoms with Gasteiger partial charge in [-0.2, -0.15) is 8.42 Å². The number of rotatable bonds is 10. The highest BCUT2D eigenvalue weighted by molar-refractivity contribution is 8.69. The summed E-state index contributed by atoms with van der Waals surface area (Å²) >= 11 is 0. The molecule has 0 aliphatic carbocycles. The summed E-state index contributed by atoms with van der Waals surface area (Å²) in [6, 6.07) is 6.16. The topological polar surface area (TPSA) is 75.6 Å². The molecule has 0 aliphatic rings. The van der Waals surface area contributed by atoms with Gasteiger partial charge in [-0.25, -0.2) is 0 Å². The van der Waals surface area contributed by atoms with Crippen LogP contribution in [-0.2, 0) is 9.15 Å². The largest absolute Gasteiger partial charge is 0.493 e. The SMILES string of the molecule is Cc1ccc(C)c(OCCCCNCCSS(=O)(=O)O)c1. The molecule has 7 heteroatoms. The Hall–Kier alpha value is -0.760. The van der Waals surface area contributed by atoms with Crippen LogP contribution >= 0.6 is 10.8 Å². The lowest BCUT2D eigenvalue weighted by molar-refractivity contribution is 0.304. The van der Waals surface area contributed by atoms with Gasteiger partial charge in [-0.05, 0) is 61.2 Å². The van der Waals surface area contributed by atoms with Crippen molar-refractivity contribution in [3.8, 4) is 5.75 Å². The summed E-state index contributed by atoms with van der Waals surface area (Å²) in [5.74, 6) is 1.28. The lowest BCUT2D eigenvalue weighted by Gasteiger charge is -2.10. The van der Waals surface area contributed by atoms with E-state index in [-0.39, 0.29) is 0 Å². The molecule has 0 saturated carbocycles. The van der Waals surface area contributed by atoms with Gasteiger partial charge in [0.25, 0.3) is 0 Å². The van der Waals surface area contributed by atoms with E-state index in [1.165, 1.54) is 5.56 Å². The van der Waals surface area contributed by atoms with E-state index in [2.05, 4.69) is 17.4 Å². The highest BCUT2D eigenvalue weighted by atomic mass is 33.1. The summed E-state index contributed by atoms with van der Waals surface area (Å²) in [4.78, 5) is 0. The summed E-state index contributed by atoms with van der Waals surface area (Å²) in [5.41, 5.74) is 2.33. The van der Waals surface area contributed by atoms with Crippen molar-refractivity contribution in [2.24, 2.45) is 0 Å². The van der Waals surface area contributed by atoms with E-state index in [0.717, 1.165) is 30.7 Å². The second-order valence-corrected chi connectivity index (χ2v) is 8.29. The number of hydrogen-bond donors (Lipinski definition) is 2. The molecule has 0 bridgehead atoms.